The largest absolute Gasteiger partial charge is 0.435 e. The summed E-state index contributed by atoms with van der Waals surface area (Å²) in [6, 6.07) is 15.0. The summed E-state index contributed by atoms with van der Waals surface area (Å²) in [5.74, 6) is -0.305. The molecule has 1 N–H and O–H groups in total. The van der Waals surface area contributed by atoms with Gasteiger partial charge in [-0.05, 0) is 48.9 Å². The summed E-state index contributed by atoms with van der Waals surface area (Å²) >= 11 is 0. The number of carbonyl (C=O) groups is 1. The number of aryl methyl sites for hydroxylation is 1. The Bertz CT molecular complexity index is 957. The molecule has 0 bridgehead atoms. The lowest BCUT2D eigenvalue weighted by Crippen LogP contribution is -2.18. The SMILES string of the molecule is Cc1cc(C(=O)N/N=C/c2ccc(OC(F)F)cc2)c2ccccc2n1. The number of nitrogens with zero attached hydrogens (tertiary/aromatic N) is 2. The van der Waals surface area contributed by atoms with Crippen molar-refractivity contribution >= 4 is 23.0 Å². The molecule has 3 rings (SSSR count). The zero-order valence-corrected chi connectivity index (χ0v) is 13.8. The average Bonchev–Trinajstić information content (AvgIpc) is 2.62. The summed E-state index contributed by atoms with van der Waals surface area (Å²) in [5.41, 5.74) is 5.03. The summed E-state index contributed by atoms with van der Waals surface area (Å²) in [5, 5.41) is 4.65. The molecule has 0 aliphatic rings. The lowest BCUT2D eigenvalue weighted by molar-refractivity contribution is -0.0498. The maximum atomic E-state index is 12.4. The summed E-state index contributed by atoms with van der Waals surface area (Å²) in [6.45, 7) is -1.05. The maximum Gasteiger partial charge on any atom is 0.387 e. The van der Waals surface area contributed by atoms with Gasteiger partial charge in [0.2, 0.25) is 0 Å². The number of rotatable bonds is 5. The van der Waals surface area contributed by atoms with Crippen molar-refractivity contribution in [3.8, 4) is 5.75 Å². The zero-order valence-electron chi connectivity index (χ0n) is 13.8. The number of para-hydroxylation sites is 1. The number of hydrogen-bond acceptors (Lipinski definition) is 4. The molecule has 0 saturated heterocycles. The fourth-order valence-electron chi connectivity index (χ4n) is 2.46. The van der Waals surface area contributed by atoms with Crippen molar-refractivity contribution in [2.75, 3.05) is 0 Å². The van der Waals surface area contributed by atoms with E-state index in [4.69, 9.17) is 0 Å². The molecular formula is C19H15F2N3O2. The van der Waals surface area contributed by atoms with Crippen LogP contribution < -0.4 is 10.2 Å². The summed E-state index contributed by atoms with van der Waals surface area (Å²) in [4.78, 5) is 16.8. The molecule has 132 valence electrons. The van der Waals surface area contributed by atoms with Crippen molar-refractivity contribution in [3.63, 3.8) is 0 Å². The van der Waals surface area contributed by atoms with Crippen LogP contribution in [0.1, 0.15) is 21.6 Å². The maximum absolute atomic E-state index is 12.4. The molecule has 0 atom stereocenters. The fraction of sp³-hybridized carbons (Fsp3) is 0.105. The predicted octanol–water partition coefficient (Wildman–Crippen LogP) is 3.91. The van der Waals surface area contributed by atoms with E-state index >= 15 is 0 Å². The van der Waals surface area contributed by atoms with E-state index in [9.17, 15) is 13.6 Å². The highest BCUT2D eigenvalue weighted by atomic mass is 19.3. The summed E-state index contributed by atoms with van der Waals surface area (Å²) in [7, 11) is 0. The molecule has 1 heterocycles. The third kappa shape index (κ3) is 4.18. The highest BCUT2D eigenvalue weighted by Gasteiger charge is 2.11. The number of ether oxygens (including phenoxy) is 1. The normalized spacial score (nSPS) is 11.2. The van der Waals surface area contributed by atoms with Gasteiger partial charge in [-0.2, -0.15) is 13.9 Å². The van der Waals surface area contributed by atoms with Gasteiger partial charge in [-0.15, -0.1) is 0 Å². The smallest absolute Gasteiger partial charge is 0.387 e. The molecule has 1 aromatic heterocycles. The second-order valence-corrected chi connectivity index (χ2v) is 5.48. The van der Waals surface area contributed by atoms with Crippen LogP contribution in [-0.4, -0.2) is 23.7 Å². The lowest BCUT2D eigenvalue weighted by atomic mass is 10.1. The molecule has 0 aliphatic heterocycles. The lowest BCUT2D eigenvalue weighted by Gasteiger charge is -2.06. The minimum Gasteiger partial charge on any atom is -0.435 e. The van der Waals surface area contributed by atoms with Crippen molar-refractivity contribution in [1.29, 1.82) is 0 Å². The molecule has 3 aromatic rings. The second-order valence-electron chi connectivity index (χ2n) is 5.48. The summed E-state index contributed by atoms with van der Waals surface area (Å²) in [6.07, 6.45) is 1.42. The molecule has 5 nitrogen and oxygen atoms in total. The van der Waals surface area contributed by atoms with Crippen LogP contribution in [0.3, 0.4) is 0 Å². The number of pyridine rings is 1. The second kappa shape index (κ2) is 7.69. The van der Waals surface area contributed by atoms with Gasteiger partial charge in [0, 0.05) is 11.1 Å². The first-order valence-corrected chi connectivity index (χ1v) is 7.77. The first kappa shape index (κ1) is 17.5. The van der Waals surface area contributed by atoms with Crippen LogP contribution in [-0.2, 0) is 0 Å². The first-order valence-electron chi connectivity index (χ1n) is 7.77. The van der Waals surface area contributed by atoms with Crippen LogP contribution in [0.25, 0.3) is 10.9 Å². The van der Waals surface area contributed by atoms with Crippen LogP contribution in [0.2, 0.25) is 0 Å². The number of nitrogens with one attached hydrogen (secondary N) is 1. The van der Waals surface area contributed by atoms with Gasteiger partial charge in [-0.3, -0.25) is 9.78 Å². The Hall–Kier alpha value is -3.35. The number of aromatic nitrogens is 1. The number of alkyl halides is 2. The highest BCUT2D eigenvalue weighted by Crippen LogP contribution is 2.18. The van der Waals surface area contributed by atoms with Gasteiger partial charge in [0.1, 0.15) is 5.75 Å². The Morgan fingerprint density at radius 1 is 1.19 bits per heavy atom. The quantitative estimate of drug-likeness (QED) is 0.557. The predicted molar refractivity (Wildman–Crippen MR) is 94.6 cm³/mol. The monoisotopic (exact) mass is 355 g/mol. The molecule has 0 radical (unpaired) electrons. The van der Waals surface area contributed by atoms with Crippen LogP contribution in [0, 0.1) is 6.92 Å². The number of halogens is 2. The number of hydrogen-bond donors (Lipinski definition) is 1. The molecule has 0 unspecified atom stereocenters. The number of amides is 1. The molecule has 0 saturated carbocycles. The van der Waals surface area contributed by atoms with Gasteiger partial charge in [0.25, 0.3) is 5.91 Å². The molecule has 1 amide bonds. The van der Waals surface area contributed by atoms with E-state index in [0.29, 0.717) is 11.1 Å². The molecule has 0 fully saturated rings. The van der Waals surface area contributed by atoms with Gasteiger partial charge in [-0.25, -0.2) is 5.43 Å². The van der Waals surface area contributed by atoms with E-state index in [2.05, 4.69) is 20.2 Å². The molecule has 26 heavy (non-hydrogen) atoms. The Morgan fingerprint density at radius 3 is 2.65 bits per heavy atom. The van der Waals surface area contributed by atoms with Crippen LogP contribution in [0.5, 0.6) is 5.75 Å². The number of hydrazone groups is 1. The Kier molecular flexibility index (Phi) is 5.17. The van der Waals surface area contributed by atoms with Gasteiger partial charge < -0.3 is 4.74 Å². The van der Waals surface area contributed by atoms with Gasteiger partial charge >= 0.3 is 6.61 Å². The Labute approximate surface area is 148 Å². The van der Waals surface area contributed by atoms with Crippen molar-refractivity contribution in [1.82, 2.24) is 10.4 Å². The topological polar surface area (TPSA) is 63.6 Å². The van der Waals surface area contributed by atoms with E-state index in [0.717, 1.165) is 16.6 Å². The minimum absolute atomic E-state index is 0.0555. The van der Waals surface area contributed by atoms with Crippen molar-refractivity contribution in [2.45, 2.75) is 13.5 Å². The van der Waals surface area contributed by atoms with Gasteiger partial charge in [0.15, 0.2) is 0 Å². The Morgan fingerprint density at radius 2 is 1.92 bits per heavy atom. The van der Waals surface area contributed by atoms with Gasteiger partial charge in [-0.1, -0.05) is 18.2 Å². The molecular weight excluding hydrogens is 340 g/mol. The zero-order chi connectivity index (χ0) is 18.5. The van der Waals surface area contributed by atoms with Crippen molar-refractivity contribution < 1.29 is 18.3 Å². The van der Waals surface area contributed by atoms with Crippen LogP contribution >= 0.6 is 0 Å². The third-order valence-electron chi connectivity index (χ3n) is 3.57. The minimum atomic E-state index is -2.87. The first-order chi connectivity index (χ1) is 12.5. The summed E-state index contributed by atoms with van der Waals surface area (Å²) < 4.78 is 28.5. The van der Waals surface area contributed by atoms with Crippen molar-refractivity contribution in [3.05, 3.63) is 71.4 Å². The standard InChI is InChI=1S/C19H15F2N3O2/c1-12-10-16(15-4-2-3-5-17(15)23-12)18(25)24-22-11-13-6-8-14(9-7-13)26-19(20)21/h2-11,19H,1H3,(H,24,25)/b22-11+. The van der Waals surface area contributed by atoms with Crippen LogP contribution in [0.15, 0.2) is 59.7 Å². The van der Waals surface area contributed by atoms with E-state index < -0.39 is 6.61 Å². The molecule has 7 heteroatoms. The van der Waals surface area contributed by atoms with E-state index in [1.165, 1.54) is 18.3 Å². The van der Waals surface area contributed by atoms with E-state index in [1.54, 1.807) is 18.2 Å². The van der Waals surface area contributed by atoms with Gasteiger partial charge in [0.05, 0.1) is 17.3 Å². The fourth-order valence-corrected chi connectivity index (χ4v) is 2.46. The highest BCUT2D eigenvalue weighted by molar-refractivity contribution is 6.06. The van der Waals surface area contributed by atoms with E-state index in [-0.39, 0.29) is 11.7 Å². The Balaban J connectivity index is 1.72. The number of fused-ring (bicyclic) bond motifs is 1. The number of carbonyl (C=O) groups excluding carboxylic acids is 1. The van der Waals surface area contributed by atoms with Crippen molar-refractivity contribution in [2.24, 2.45) is 5.10 Å². The average molecular weight is 355 g/mol. The molecule has 0 spiro atoms. The van der Waals surface area contributed by atoms with Crippen LogP contribution in [0.4, 0.5) is 8.78 Å². The molecule has 2 aromatic carbocycles. The van der Waals surface area contributed by atoms with E-state index in [1.807, 2.05) is 31.2 Å². The molecule has 0 aliphatic carbocycles. The third-order valence-corrected chi connectivity index (χ3v) is 3.57. The number of benzene rings is 2.